The van der Waals surface area contributed by atoms with E-state index in [0.717, 1.165) is 11.4 Å². The summed E-state index contributed by atoms with van der Waals surface area (Å²) >= 11 is 0. The molecule has 27 heavy (non-hydrogen) atoms. The third kappa shape index (κ3) is 3.65. The van der Waals surface area contributed by atoms with Crippen LogP contribution in [-0.2, 0) is 19.6 Å². The number of hydrogen-bond acceptors (Lipinski definition) is 6. The number of nitrogens with zero attached hydrogens (tertiary/aromatic N) is 4. The Labute approximate surface area is 155 Å². The minimum absolute atomic E-state index is 0.155. The molecule has 2 aromatic heterocycles. The quantitative estimate of drug-likeness (QED) is 0.710. The van der Waals surface area contributed by atoms with Gasteiger partial charge < -0.3 is 14.1 Å². The summed E-state index contributed by atoms with van der Waals surface area (Å²) in [6.45, 7) is 1.12. The van der Waals surface area contributed by atoms with Crippen molar-refractivity contribution in [2.45, 2.75) is 19.6 Å². The number of hydrogen-bond donors (Lipinski definition) is 0. The van der Waals surface area contributed by atoms with Crippen LogP contribution in [0.4, 0.5) is 0 Å². The van der Waals surface area contributed by atoms with Crippen molar-refractivity contribution in [3.05, 3.63) is 77.3 Å². The van der Waals surface area contributed by atoms with Crippen LogP contribution in [0.25, 0.3) is 0 Å². The third-order valence-electron chi connectivity index (χ3n) is 4.29. The second-order valence-corrected chi connectivity index (χ2v) is 6.10. The van der Waals surface area contributed by atoms with E-state index in [1.54, 1.807) is 11.0 Å². The van der Waals surface area contributed by atoms with Gasteiger partial charge in [-0.25, -0.2) is 9.97 Å². The lowest BCUT2D eigenvalue weighted by atomic mass is 10.1. The maximum Gasteiger partial charge on any atom is 0.254 e. The topological polar surface area (TPSA) is 92.2 Å². The molecule has 1 aromatic carbocycles. The number of carbonyl (C=O) groups is 1. The van der Waals surface area contributed by atoms with Gasteiger partial charge in [0.25, 0.3) is 5.91 Å². The van der Waals surface area contributed by atoms with Gasteiger partial charge in [0, 0.05) is 24.7 Å². The highest BCUT2D eigenvalue weighted by atomic mass is 16.5. The normalized spacial score (nSPS) is 12.9. The molecule has 0 aliphatic carbocycles. The van der Waals surface area contributed by atoms with E-state index in [1.807, 2.05) is 36.4 Å². The molecule has 0 bridgehead atoms. The summed E-state index contributed by atoms with van der Waals surface area (Å²) in [6, 6.07) is 14.5. The molecule has 3 heterocycles. The summed E-state index contributed by atoms with van der Waals surface area (Å²) in [5, 5.41) is 8.95. The monoisotopic (exact) mass is 360 g/mol. The minimum atomic E-state index is -0.155. The fraction of sp³-hybridized carbons (Fsp3) is 0.200. The lowest BCUT2D eigenvalue weighted by Gasteiger charge is -2.25. The molecule has 3 aromatic rings. The van der Waals surface area contributed by atoms with Crippen molar-refractivity contribution in [3.8, 4) is 11.8 Å². The third-order valence-corrected chi connectivity index (χ3v) is 4.29. The average molecular weight is 360 g/mol. The summed E-state index contributed by atoms with van der Waals surface area (Å²) in [6.07, 6.45) is 2.08. The Hall–Kier alpha value is -3.66. The Kier molecular flexibility index (Phi) is 4.54. The molecule has 1 aliphatic heterocycles. The number of fused-ring (bicyclic) bond motifs is 1. The minimum Gasteiger partial charge on any atom is -0.484 e. The Morgan fingerprint density at radius 1 is 1.30 bits per heavy atom. The summed E-state index contributed by atoms with van der Waals surface area (Å²) in [5.74, 6) is 1.76. The number of para-hydroxylation sites is 1. The van der Waals surface area contributed by atoms with Crippen molar-refractivity contribution in [2.24, 2.45) is 0 Å². The van der Waals surface area contributed by atoms with Crippen molar-refractivity contribution in [1.29, 1.82) is 5.26 Å². The number of oxazole rings is 1. The standard InChI is InChI=1S/C20H16N4O3/c21-11-15-10-14(6-8-22-15)20(25)24-9-7-17-18(12-24)27-19(23-17)13-26-16-4-2-1-3-5-16/h1-6,8,10H,7,9,12-13H2. The molecule has 0 N–H and O–H groups in total. The molecular formula is C20H16N4O3. The Morgan fingerprint density at radius 2 is 2.15 bits per heavy atom. The molecule has 0 saturated heterocycles. The van der Waals surface area contributed by atoms with Crippen LogP contribution in [-0.4, -0.2) is 27.3 Å². The van der Waals surface area contributed by atoms with E-state index in [2.05, 4.69) is 9.97 Å². The summed E-state index contributed by atoms with van der Waals surface area (Å²) in [5.41, 5.74) is 1.52. The van der Waals surface area contributed by atoms with Crippen LogP contribution in [0.2, 0.25) is 0 Å². The van der Waals surface area contributed by atoms with Gasteiger partial charge in [0.05, 0.1) is 12.2 Å². The number of ether oxygens (including phenoxy) is 1. The molecule has 0 fully saturated rings. The van der Waals surface area contributed by atoms with Crippen LogP contribution in [0.5, 0.6) is 5.75 Å². The van der Waals surface area contributed by atoms with E-state index in [4.69, 9.17) is 14.4 Å². The number of benzene rings is 1. The number of pyridine rings is 1. The van der Waals surface area contributed by atoms with Gasteiger partial charge in [0.2, 0.25) is 5.89 Å². The number of nitriles is 1. The molecule has 0 atom stereocenters. The van der Waals surface area contributed by atoms with Gasteiger partial charge in [-0.2, -0.15) is 5.26 Å². The second-order valence-electron chi connectivity index (χ2n) is 6.10. The van der Waals surface area contributed by atoms with E-state index >= 15 is 0 Å². The van der Waals surface area contributed by atoms with Gasteiger partial charge in [-0.3, -0.25) is 4.79 Å². The molecular weight excluding hydrogens is 344 g/mol. The molecule has 0 unspecified atom stereocenters. The smallest absolute Gasteiger partial charge is 0.254 e. The van der Waals surface area contributed by atoms with Gasteiger partial charge in [0.15, 0.2) is 6.61 Å². The average Bonchev–Trinajstić information content (AvgIpc) is 3.14. The van der Waals surface area contributed by atoms with Crippen molar-refractivity contribution in [1.82, 2.24) is 14.9 Å². The first kappa shape index (κ1) is 16.8. The summed E-state index contributed by atoms with van der Waals surface area (Å²) in [7, 11) is 0. The zero-order chi connectivity index (χ0) is 18.6. The van der Waals surface area contributed by atoms with Crippen LogP contribution >= 0.6 is 0 Å². The van der Waals surface area contributed by atoms with Crippen LogP contribution in [0.15, 0.2) is 53.1 Å². The molecule has 1 aliphatic rings. The molecule has 134 valence electrons. The van der Waals surface area contributed by atoms with E-state index in [-0.39, 0.29) is 18.2 Å². The number of aromatic nitrogens is 2. The van der Waals surface area contributed by atoms with Crippen LogP contribution < -0.4 is 4.74 Å². The van der Waals surface area contributed by atoms with Crippen molar-refractivity contribution < 1.29 is 13.9 Å². The molecule has 7 heteroatoms. The predicted octanol–water partition coefficient (Wildman–Crippen LogP) is 2.72. The van der Waals surface area contributed by atoms with E-state index in [0.29, 0.717) is 36.7 Å². The fourth-order valence-electron chi connectivity index (χ4n) is 2.95. The van der Waals surface area contributed by atoms with Crippen molar-refractivity contribution in [2.75, 3.05) is 6.54 Å². The van der Waals surface area contributed by atoms with Crippen LogP contribution in [0.3, 0.4) is 0 Å². The number of carbonyl (C=O) groups excluding carboxylic acids is 1. The van der Waals surface area contributed by atoms with Crippen molar-refractivity contribution >= 4 is 5.91 Å². The van der Waals surface area contributed by atoms with Gasteiger partial charge in [0.1, 0.15) is 23.3 Å². The highest BCUT2D eigenvalue weighted by Gasteiger charge is 2.26. The van der Waals surface area contributed by atoms with Crippen LogP contribution in [0.1, 0.15) is 33.4 Å². The summed E-state index contributed by atoms with van der Waals surface area (Å²) < 4.78 is 11.5. The maximum atomic E-state index is 12.7. The first-order chi connectivity index (χ1) is 13.2. The molecule has 0 spiro atoms. The van der Waals surface area contributed by atoms with E-state index < -0.39 is 0 Å². The van der Waals surface area contributed by atoms with E-state index in [1.165, 1.54) is 12.3 Å². The molecule has 0 radical (unpaired) electrons. The maximum absolute atomic E-state index is 12.7. The molecule has 0 saturated carbocycles. The fourth-order valence-corrected chi connectivity index (χ4v) is 2.95. The van der Waals surface area contributed by atoms with Crippen LogP contribution in [0, 0.1) is 11.3 Å². The highest BCUT2D eigenvalue weighted by molar-refractivity contribution is 5.94. The van der Waals surface area contributed by atoms with Crippen molar-refractivity contribution in [3.63, 3.8) is 0 Å². The zero-order valence-electron chi connectivity index (χ0n) is 14.5. The van der Waals surface area contributed by atoms with Gasteiger partial charge >= 0.3 is 0 Å². The van der Waals surface area contributed by atoms with E-state index in [9.17, 15) is 4.79 Å². The Bertz CT molecular complexity index is 1010. The number of amides is 1. The summed E-state index contributed by atoms with van der Waals surface area (Å²) in [4.78, 5) is 22.8. The SMILES string of the molecule is N#Cc1cc(C(=O)N2CCc3nc(COc4ccccc4)oc3C2)ccn1. The number of rotatable bonds is 4. The lowest BCUT2D eigenvalue weighted by molar-refractivity contribution is 0.0718. The highest BCUT2D eigenvalue weighted by Crippen LogP contribution is 2.22. The first-order valence-electron chi connectivity index (χ1n) is 8.53. The van der Waals surface area contributed by atoms with Gasteiger partial charge in [-0.15, -0.1) is 0 Å². The Morgan fingerprint density at radius 3 is 2.96 bits per heavy atom. The first-order valence-corrected chi connectivity index (χ1v) is 8.53. The zero-order valence-corrected chi connectivity index (χ0v) is 14.5. The predicted molar refractivity (Wildman–Crippen MR) is 94.7 cm³/mol. The Balaban J connectivity index is 1.44. The second kappa shape index (κ2) is 7.30. The lowest BCUT2D eigenvalue weighted by Crippen LogP contribution is -2.35. The molecule has 4 rings (SSSR count). The molecule has 7 nitrogen and oxygen atoms in total. The molecule has 1 amide bonds. The largest absolute Gasteiger partial charge is 0.484 e. The van der Waals surface area contributed by atoms with Gasteiger partial charge in [-0.1, -0.05) is 18.2 Å². The van der Waals surface area contributed by atoms with Gasteiger partial charge in [-0.05, 0) is 24.3 Å².